The van der Waals surface area contributed by atoms with E-state index in [9.17, 15) is 4.79 Å². The Morgan fingerprint density at radius 2 is 2.12 bits per heavy atom. The molecule has 0 saturated heterocycles. The lowest BCUT2D eigenvalue weighted by atomic mass is 10.1. The molecule has 2 N–H and O–H groups in total. The van der Waals surface area contributed by atoms with Gasteiger partial charge < -0.3 is 19.9 Å². The van der Waals surface area contributed by atoms with Gasteiger partial charge in [0.15, 0.2) is 0 Å². The van der Waals surface area contributed by atoms with Crippen LogP contribution in [0.4, 0.5) is 0 Å². The maximum Gasteiger partial charge on any atom is 0.255 e. The van der Waals surface area contributed by atoms with Crippen LogP contribution in [0.2, 0.25) is 0 Å². The van der Waals surface area contributed by atoms with E-state index in [1.165, 1.54) is 7.11 Å². The number of aliphatic hydroxyl groups is 1. The van der Waals surface area contributed by atoms with Crippen LogP contribution in [0.1, 0.15) is 10.4 Å². The van der Waals surface area contributed by atoms with Crippen LogP contribution < -0.4 is 14.8 Å². The van der Waals surface area contributed by atoms with E-state index in [-0.39, 0.29) is 19.1 Å². The van der Waals surface area contributed by atoms with Gasteiger partial charge in [-0.1, -0.05) is 0 Å². The van der Waals surface area contributed by atoms with E-state index in [2.05, 4.69) is 5.32 Å². The molecular formula is C11H15NO4. The maximum atomic E-state index is 11.6. The fraction of sp³-hybridized carbons (Fsp3) is 0.364. The first-order valence-corrected chi connectivity index (χ1v) is 4.84. The molecule has 0 aliphatic carbocycles. The highest BCUT2D eigenvalue weighted by Crippen LogP contribution is 2.24. The minimum atomic E-state index is -0.284. The number of ether oxygens (including phenoxy) is 2. The van der Waals surface area contributed by atoms with Crippen molar-refractivity contribution in [3.05, 3.63) is 23.8 Å². The molecule has 1 aromatic carbocycles. The summed E-state index contributed by atoms with van der Waals surface area (Å²) >= 11 is 0. The van der Waals surface area contributed by atoms with Crippen LogP contribution in [0, 0.1) is 0 Å². The Hall–Kier alpha value is -1.75. The van der Waals surface area contributed by atoms with Crippen molar-refractivity contribution in [2.24, 2.45) is 0 Å². The summed E-state index contributed by atoms with van der Waals surface area (Å²) in [6, 6.07) is 4.93. The smallest absolute Gasteiger partial charge is 0.255 e. The number of amides is 1. The minimum absolute atomic E-state index is 0.0930. The van der Waals surface area contributed by atoms with Gasteiger partial charge in [-0.05, 0) is 12.1 Å². The monoisotopic (exact) mass is 225 g/mol. The Labute approximate surface area is 94.0 Å². The molecule has 0 radical (unpaired) electrons. The molecule has 0 saturated carbocycles. The van der Waals surface area contributed by atoms with Crippen molar-refractivity contribution in [2.45, 2.75) is 0 Å². The van der Waals surface area contributed by atoms with Crippen molar-refractivity contribution in [1.29, 1.82) is 0 Å². The largest absolute Gasteiger partial charge is 0.497 e. The normalized spacial score (nSPS) is 9.69. The number of rotatable bonds is 5. The fourth-order valence-corrected chi connectivity index (χ4v) is 1.25. The van der Waals surface area contributed by atoms with Gasteiger partial charge in [0, 0.05) is 12.6 Å². The van der Waals surface area contributed by atoms with Gasteiger partial charge in [-0.25, -0.2) is 0 Å². The first kappa shape index (κ1) is 12.3. The summed E-state index contributed by atoms with van der Waals surface area (Å²) in [5, 5.41) is 11.2. The van der Waals surface area contributed by atoms with Crippen molar-refractivity contribution >= 4 is 5.91 Å². The van der Waals surface area contributed by atoms with E-state index in [0.29, 0.717) is 17.1 Å². The average Bonchev–Trinajstić information content (AvgIpc) is 2.34. The van der Waals surface area contributed by atoms with Gasteiger partial charge >= 0.3 is 0 Å². The van der Waals surface area contributed by atoms with Crippen LogP contribution in [0.25, 0.3) is 0 Å². The highest BCUT2D eigenvalue weighted by Gasteiger charge is 2.12. The molecular weight excluding hydrogens is 210 g/mol. The lowest BCUT2D eigenvalue weighted by Gasteiger charge is -2.10. The number of methoxy groups -OCH3 is 2. The summed E-state index contributed by atoms with van der Waals surface area (Å²) in [6.45, 7) is 0.123. The third-order valence-electron chi connectivity index (χ3n) is 2.05. The van der Waals surface area contributed by atoms with Gasteiger partial charge in [0.05, 0.1) is 26.4 Å². The summed E-state index contributed by atoms with van der Waals surface area (Å²) < 4.78 is 10.1. The van der Waals surface area contributed by atoms with Crippen LogP contribution in [-0.4, -0.2) is 38.4 Å². The molecule has 0 heterocycles. The second-order valence-electron chi connectivity index (χ2n) is 3.05. The molecule has 16 heavy (non-hydrogen) atoms. The predicted octanol–water partition coefficient (Wildman–Crippen LogP) is 0.426. The van der Waals surface area contributed by atoms with Gasteiger partial charge in [0.25, 0.3) is 5.91 Å². The van der Waals surface area contributed by atoms with Crippen molar-refractivity contribution < 1.29 is 19.4 Å². The number of aliphatic hydroxyl groups excluding tert-OH is 1. The van der Waals surface area contributed by atoms with Gasteiger partial charge in [0.1, 0.15) is 11.5 Å². The Balaban J connectivity index is 2.90. The first-order valence-electron chi connectivity index (χ1n) is 4.84. The highest BCUT2D eigenvalue weighted by molar-refractivity contribution is 5.97. The summed E-state index contributed by atoms with van der Waals surface area (Å²) in [7, 11) is 3.03. The Kier molecular flexibility index (Phi) is 4.60. The summed E-state index contributed by atoms with van der Waals surface area (Å²) in [4.78, 5) is 11.6. The molecule has 0 fully saturated rings. The lowest BCUT2D eigenvalue weighted by Crippen LogP contribution is -2.26. The van der Waals surface area contributed by atoms with Crippen LogP contribution in [0.15, 0.2) is 18.2 Å². The van der Waals surface area contributed by atoms with E-state index in [0.717, 1.165) is 0 Å². The van der Waals surface area contributed by atoms with Crippen molar-refractivity contribution in [3.8, 4) is 11.5 Å². The summed E-state index contributed by atoms with van der Waals surface area (Å²) in [6.07, 6.45) is 0. The van der Waals surface area contributed by atoms with Gasteiger partial charge in [-0.2, -0.15) is 0 Å². The zero-order valence-electron chi connectivity index (χ0n) is 9.32. The van der Waals surface area contributed by atoms with Crippen molar-refractivity contribution in [3.63, 3.8) is 0 Å². The molecule has 1 rings (SSSR count). The number of carbonyl (C=O) groups excluding carboxylic acids is 1. The first-order chi connectivity index (χ1) is 7.72. The topological polar surface area (TPSA) is 67.8 Å². The summed E-state index contributed by atoms with van der Waals surface area (Å²) in [5.74, 6) is 0.777. The number of carbonyl (C=O) groups is 1. The SMILES string of the molecule is COc1ccc(C(=O)NCCO)c(OC)c1. The summed E-state index contributed by atoms with van der Waals surface area (Å²) in [5.41, 5.74) is 0.414. The number of benzene rings is 1. The molecule has 0 bridgehead atoms. The molecule has 0 aromatic heterocycles. The van der Waals surface area contributed by atoms with E-state index in [1.54, 1.807) is 25.3 Å². The molecule has 5 nitrogen and oxygen atoms in total. The average molecular weight is 225 g/mol. The van der Waals surface area contributed by atoms with Crippen LogP contribution >= 0.6 is 0 Å². The number of hydrogen-bond acceptors (Lipinski definition) is 4. The molecule has 88 valence electrons. The van der Waals surface area contributed by atoms with Gasteiger partial charge in [0.2, 0.25) is 0 Å². The Bertz CT molecular complexity index is 365. The van der Waals surface area contributed by atoms with E-state index >= 15 is 0 Å². The van der Waals surface area contributed by atoms with Crippen molar-refractivity contribution in [2.75, 3.05) is 27.4 Å². The van der Waals surface area contributed by atoms with E-state index in [1.807, 2.05) is 0 Å². The van der Waals surface area contributed by atoms with Crippen molar-refractivity contribution in [1.82, 2.24) is 5.32 Å². The second kappa shape index (κ2) is 5.97. The zero-order chi connectivity index (χ0) is 12.0. The third kappa shape index (κ3) is 2.87. The molecule has 1 amide bonds. The predicted molar refractivity (Wildman–Crippen MR) is 59.0 cm³/mol. The quantitative estimate of drug-likeness (QED) is 0.762. The van der Waals surface area contributed by atoms with Crippen LogP contribution in [-0.2, 0) is 0 Å². The second-order valence-corrected chi connectivity index (χ2v) is 3.05. The molecule has 0 atom stereocenters. The molecule has 0 aliphatic heterocycles. The van der Waals surface area contributed by atoms with E-state index in [4.69, 9.17) is 14.6 Å². The Morgan fingerprint density at radius 3 is 2.69 bits per heavy atom. The lowest BCUT2D eigenvalue weighted by molar-refractivity contribution is 0.0941. The molecule has 0 spiro atoms. The van der Waals surface area contributed by atoms with Crippen LogP contribution in [0.3, 0.4) is 0 Å². The molecule has 0 unspecified atom stereocenters. The number of hydrogen-bond donors (Lipinski definition) is 2. The minimum Gasteiger partial charge on any atom is -0.497 e. The van der Waals surface area contributed by atoms with Crippen LogP contribution in [0.5, 0.6) is 11.5 Å². The van der Waals surface area contributed by atoms with Gasteiger partial charge in [-0.15, -0.1) is 0 Å². The third-order valence-corrected chi connectivity index (χ3v) is 2.05. The Morgan fingerprint density at radius 1 is 1.38 bits per heavy atom. The maximum absolute atomic E-state index is 11.6. The molecule has 5 heteroatoms. The molecule has 1 aromatic rings. The molecule has 0 aliphatic rings. The zero-order valence-corrected chi connectivity index (χ0v) is 9.32. The highest BCUT2D eigenvalue weighted by atomic mass is 16.5. The number of nitrogens with one attached hydrogen (secondary N) is 1. The van der Waals surface area contributed by atoms with E-state index < -0.39 is 0 Å². The fourth-order valence-electron chi connectivity index (χ4n) is 1.25. The van der Waals surface area contributed by atoms with Gasteiger partial charge in [-0.3, -0.25) is 4.79 Å². The standard InChI is InChI=1S/C11H15NO4/c1-15-8-3-4-9(10(7-8)16-2)11(14)12-5-6-13/h3-4,7,13H,5-6H2,1-2H3,(H,12,14).